The number of aromatic nitrogens is 1. The van der Waals surface area contributed by atoms with Crippen LogP contribution in [0.5, 0.6) is 0 Å². The summed E-state index contributed by atoms with van der Waals surface area (Å²) in [6.45, 7) is 0. The first kappa shape index (κ1) is 6.36. The van der Waals surface area contributed by atoms with E-state index in [2.05, 4.69) is 4.98 Å². The Kier molecular flexibility index (Phi) is 2.14. The predicted molar refractivity (Wildman–Crippen MR) is 34.6 cm³/mol. The molecule has 1 nitrogen and oxygen atoms in total. The van der Waals surface area contributed by atoms with E-state index in [1.807, 2.05) is 12.1 Å². The van der Waals surface area contributed by atoms with Crippen LogP contribution in [-0.4, -0.2) is 27.5 Å². The molecule has 0 saturated heterocycles. The van der Waals surface area contributed by atoms with E-state index >= 15 is 0 Å². The van der Waals surface area contributed by atoms with E-state index in [1.54, 1.807) is 6.20 Å². The normalized spacial score (nSPS) is 9.25. The molecule has 0 aliphatic carbocycles. The van der Waals surface area contributed by atoms with E-state index in [4.69, 9.17) is 11.6 Å². The topological polar surface area (TPSA) is 12.9 Å². The van der Waals surface area contributed by atoms with E-state index in [0.717, 1.165) is 3.71 Å². The van der Waals surface area contributed by atoms with Gasteiger partial charge < -0.3 is 0 Å². The van der Waals surface area contributed by atoms with Crippen LogP contribution in [0.15, 0.2) is 18.3 Å². The minimum atomic E-state index is 0.705. The van der Waals surface area contributed by atoms with Crippen molar-refractivity contribution in [2.24, 2.45) is 0 Å². The Hall–Kier alpha value is 0.239. The number of nitrogens with zero attached hydrogens (tertiary/aromatic N) is 1. The molecule has 0 unspecified atom stereocenters. The summed E-state index contributed by atoms with van der Waals surface area (Å²) in [6, 6.07) is 3.76. The molecule has 1 heterocycles. The number of pyridine rings is 1. The van der Waals surface area contributed by atoms with Gasteiger partial charge in [0.15, 0.2) is 0 Å². The van der Waals surface area contributed by atoms with Crippen molar-refractivity contribution in [3.63, 3.8) is 0 Å². The van der Waals surface area contributed by atoms with Crippen LogP contribution in [0.3, 0.4) is 0 Å². The number of hydrogen-bond donors (Lipinski definition) is 0. The molecule has 0 aliphatic heterocycles. The van der Waals surface area contributed by atoms with Crippen molar-refractivity contribution < 1.29 is 0 Å². The van der Waals surface area contributed by atoms with Gasteiger partial charge in [0.1, 0.15) is 0 Å². The predicted octanol–water partition coefficient (Wildman–Crippen LogP) is 0.529. The molecule has 0 fully saturated rings. The summed E-state index contributed by atoms with van der Waals surface area (Å²) in [5.74, 6) is 0. The molecule has 0 aliphatic rings. The fourth-order valence-electron chi connectivity index (χ4n) is 0.376. The first-order valence-corrected chi connectivity index (χ1v) is 3.93. The van der Waals surface area contributed by atoms with Gasteiger partial charge >= 0.3 is 66.2 Å². The molecule has 3 heteroatoms. The summed E-state index contributed by atoms with van der Waals surface area (Å²) in [4.78, 5) is 3.99. The van der Waals surface area contributed by atoms with Gasteiger partial charge in [0, 0.05) is 0 Å². The van der Waals surface area contributed by atoms with Crippen LogP contribution in [0.2, 0.25) is 5.02 Å². The minimum absolute atomic E-state index is 0.705. The van der Waals surface area contributed by atoms with Gasteiger partial charge in [-0.05, 0) is 0 Å². The van der Waals surface area contributed by atoms with Gasteiger partial charge in [0.05, 0.1) is 0 Å². The van der Waals surface area contributed by atoms with Gasteiger partial charge in [-0.1, -0.05) is 0 Å². The first-order chi connectivity index (χ1) is 3.79. The third-order valence-corrected chi connectivity index (χ3v) is 1.80. The molecule has 0 N–H and O–H groups in total. The zero-order valence-electron chi connectivity index (χ0n) is 4.06. The number of hydrogen-bond acceptors (Lipinski definition) is 1. The second-order valence-electron chi connectivity index (χ2n) is 1.36. The molecule has 0 bridgehead atoms. The fraction of sp³-hybridized carbons (Fsp3) is 0. The zero-order valence-corrected chi connectivity index (χ0v) is 7.67. The number of halogens is 1. The number of rotatable bonds is 0. The average molecular weight is 231 g/mol. The van der Waals surface area contributed by atoms with E-state index in [0.29, 0.717) is 5.02 Å². The van der Waals surface area contributed by atoms with Gasteiger partial charge in [0.2, 0.25) is 0 Å². The Morgan fingerprint density at radius 2 is 2.25 bits per heavy atom. The molecule has 1 aromatic heterocycles. The molecule has 0 atom stereocenters. The van der Waals surface area contributed by atoms with Crippen molar-refractivity contribution >= 4 is 37.8 Å². The SMILES string of the molecule is Clc1cc[c]([Sn])nc1. The van der Waals surface area contributed by atoms with Gasteiger partial charge in [0.25, 0.3) is 0 Å². The standard InChI is InChI=1S/C5H3ClN.Sn/c6-5-2-1-3-7-4-5;/h1-2,4H;. The third kappa shape index (κ3) is 1.63. The Balaban J connectivity index is 3.03. The van der Waals surface area contributed by atoms with Crippen molar-refractivity contribution in [2.75, 3.05) is 0 Å². The third-order valence-electron chi connectivity index (χ3n) is 0.727. The summed E-state index contributed by atoms with van der Waals surface area (Å²) in [6.07, 6.45) is 1.66. The quantitative estimate of drug-likeness (QED) is 0.593. The Morgan fingerprint density at radius 3 is 2.62 bits per heavy atom. The molecule has 0 saturated carbocycles. The van der Waals surface area contributed by atoms with Crippen molar-refractivity contribution in [2.45, 2.75) is 0 Å². The molecule has 0 spiro atoms. The van der Waals surface area contributed by atoms with E-state index in [9.17, 15) is 0 Å². The molecule has 3 radical (unpaired) electrons. The summed E-state index contributed by atoms with van der Waals surface area (Å²) in [7, 11) is 0. The van der Waals surface area contributed by atoms with Crippen LogP contribution in [0.25, 0.3) is 0 Å². The van der Waals surface area contributed by atoms with Crippen molar-refractivity contribution in [1.29, 1.82) is 0 Å². The zero-order chi connectivity index (χ0) is 5.98. The molecule has 8 heavy (non-hydrogen) atoms. The molecular weight excluding hydrogens is 228 g/mol. The molecule has 0 aromatic carbocycles. The Labute approximate surface area is 66.2 Å². The second kappa shape index (κ2) is 2.69. The molecule has 39 valence electrons. The molecule has 0 amide bonds. The first-order valence-electron chi connectivity index (χ1n) is 2.12. The van der Waals surface area contributed by atoms with Crippen LogP contribution in [0.1, 0.15) is 0 Å². The summed E-state index contributed by atoms with van der Waals surface area (Å²) < 4.78 is 1.08. The van der Waals surface area contributed by atoms with Crippen LogP contribution in [0.4, 0.5) is 0 Å². The second-order valence-corrected chi connectivity index (χ2v) is 3.26. The van der Waals surface area contributed by atoms with Gasteiger partial charge in [-0.15, -0.1) is 0 Å². The van der Waals surface area contributed by atoms with Crippen LogP contribution >= 0.6 is 11.6 Å². The molecule has 1 aromatic rings. The maximum absolute atomic E-state index is 5.56. The van der Waals surface area contributed by atoms with E-state index < -0.39 is 0 Å². The van der Waals surface area contributed by atoms with Crippen LogP contribution in [0, 0.1) is 0 Å². The van der Waals surface area contributed by atoms with Crippen molar-refractivity contribution in [3.05, 3.63) is 23.4 Å². The van der Waals surface area contributed by atoms with Crippen molar-refractivity contribution in [3.8, 4) is 0 Å². The van der Waals surface area contributed by atoms with Crippen molar-refractivity contribution in [1.82, 2.24) is 4.98 Å². The Bertz CT molecular complexity index is 151. The Morgan fingerprint density at radius 1 is 1.50 bits per heavy atom. The summed E-state index contributed by atoms with van der Waals surface area (Å²) in [5.41, 5.74) is 0. The fourth-order valence-corrected chi connectivity index (χ4v) is 0.910. The van der Waals surface area contributed by atoms with Crippen LogP contribution < -0.4 is 3.71 Å². The van der Waals surface area contributed by atoms with Crippen LogP contribution in [-0.2, 0) is 0 Å². The van der Waals surface area contributed by atoms with E-state index in [1.165, 1.54) is 22.5 Å². The molecular formula is C5H3ClNSn. The summed E-state index contributed by atoms with van der Waals surface area (Å²) in [5, 5.41) is 0.705. The molecule has 1 rings (SSSR count). The maximum atomic E-state index is 5.56. The average Bonchev–Trinajstić information content (AvgIpc) is 1.77. The van der Waals surface area contributed by atoms with Gasteiger partial charge in [-0.25, -0.2) is 0 Å². The monoisotopic (exact) mass is 232 g/mol. The van der Waals surface area contributed by atoms with E-state index in [-0.39, 0.29) is 0 Å². The van der Waals surface area contributed by atoms with Gasteiger partial charge in [-0.2, -0.15) is 0 Å². The van der Waals surface area contributed by atoms with Gasteiger partial charge in [-0.3, -0.25) is 0 Å². The summed E-state index contributed by atoms with van der Waals surface area (Å²) >= 11 is 6.89.